The number of nitrogens with one attached hydrogen (secondary N) is 2. The van der Waals surface area contributed by atoms with Crippen molar-refractivity contribution < 1.29 is 9.53 Å². The van der Waals surface area contributed by atoms with Gasteiger partial charge in [0.2, 0.25) is 0 Å². The van der Waals surface area contributed by atoms with Gasteiger partial charge in [-0.3, -0.25) is 9.78 Å². The lowest BCUT2D eigenvalue weighted by atomic mass is 9.99. The molecule has 1 fully saturated rings. The maximum atomic E-state index is 12.5. The maximum Gasteiger partial charge on any atom is 0.257 e. The first-order valence-corrected chi connectivity index (χ1v) is 9.50. The van der Waals surface area contributed by atoms with Crippen LogP contribution in [0.5, 0.6) is 0 Å². The van der Waals surface area contributed by atoms with E-state index in [4.69, 9.17) is 4.74 Å². The van der Waals surface area contributed by atoms with Crippen LogP contribution >= 0.6 is 0 Å². The van der Waals surface area contributed by atoms with Crippen LogP contribution in [-0.2, 0) is 4.74 Å². The van der Waals surface area contributed by atoms with Gasteiger partial charge in [-0.25, -0.2) is 0 Å². The Balaban J connectivity index is 1.58. The summed E-state index contributed by atoms with van der Waals surface area (Å²) in [6.07, 6.45) is 5.74. The fourth-order valence-electron chi connectivity index (χ4n) is 3.18. The van der Waals surface area contributed by atoms with E-state index in [1.807, 2.05) is 12.1 Å². The third kappa shape index (κ3) is 5.44. The summed E-state index contributed by atoms with van der Waals surface area (Å²) in [5.41, 5.74) is 3.32. The molecule has 1 amide bonds. The van der Waals surface area contributed by atoms with Gasteiger partial charge in [-0.2, -0.15) is 0 Å². The Morgan fingerprint density at radius 2 is 1.93 bits per heavy atom. The monoisotopic (exact) mass is 368 g/mol. The molecule has 1 aliphatic rings. The molecule has 2 N–H and O–H groups in total. The zero-order valence-electron chi connectivity index (χ0n) is 16.1. The molecular formula is C21H28N4O2. The van der Waals surface area contributed by atoms with Crippen LogP contribution in [0.25, 0.3) is 0 Å². The van der Waals surface area contributed by atoms with Crippen LogP contribution < -0.4 is 15.5 Å². The van der Waals surface area contributed by atoms with E-state index < -0.39 is 0 Å². The minimum atomic E-state index is -0.169. The second-order valence-electron chi connectivity index (χ2n) is 7.05. The SMILES string of the molecule is COCCNc1cncc(C(=O)Nc2ccc(N3CCC(C)CC3)cc2)c1. The average molecular weight is 368 g/mol. The number of amides is 1. The number of hydrogen-bond donors (Lipinski definition) is 2. The molecule has 0 unspecified atom stereocenters. The van der Waals surface area contributed by atoms with Crippen LogP contribution in [0.3, 0.4) is 0 Å². The standard InChI is InChI=1S/C21H28N4O2/c1-16-7-10-25(11-8-16)20-5-3-18(4-6-20)24-21(26)17-13-19(15-22-14-17)23-9-12-27-2/h3-6,13-16,23H,7-12H2,1-2H3,(H,24,26). The molecule has 2 aromatic rings. The van der Waals surface area contributed by atoms with Crippen molar-refractivity contribution in [3.8, 4) is 0 Å². The van der Waals surface area contributed by atoms with Crippen molar-refractivity contribution in [1.82, 2.24) is 4.98 Å². The van der Waals surface area contributed by atoms with Gasteiger partial charge in [-0.05, 0) is 49.1 Å². The molecular weight excluding hydrogens is 340 g/mol. The van der Waals surface area contributed by atoms with Crippen molar-refractivity contribution in [3.05, 3.63) is 48.3 Å². The van der Waals surface area contributed by atoms with Gasteiger partial charge < -0.3 is 20.3 Å². The molecule has 0 bridgehead atoms. The summed E-state index contributed by atoms with van der Waals surface area (Å²) in [5, 5.41) is 6.12. The maximum absolute atomic E-state index is 12.5. The van der Waals surface area contributed by atoms with Gasteiger partial charge in [0.1, 0.15) is 0 Å². The van der Waals surface area contributed by atoms with E-state index in [0.29, 0.717) is 18.7 Å². The van der Waals surface area contributed by atoms with Crippen LogP contribution in [-0.4, -0.2) is 44.2 Å². The van der Waals surface area contributed by atoms with Gasteiger partial charge in [-0.1, -0.05) is 6.92 Å². The number of ether oxygens (including phenoxy) is 1. The lowest BCUT2D eigenvalue weighted by molar-refractivity contribution is 0.102. The minimum Gasteiger partial charge on any atom is -0.383 e. The Morgan fingerprint density at radius 3 is 2.63 bits per heavy atom. The molecule has 0 atom stereocenters. The lowest BCUT2D eigenvalue weighted by Gasteiger charge is -2.32. The number of methoxy groups -OCH3 is 1. The fraction of sp³-hybridized carbons (Fsp3) is 0.429. The van der Waals surface area contributed by atoms with E-state index in [1.54, 1.807) is 25.6 Å². The lowest BCUT2D eigenvalue weighted by Crippen LogP contribution is -2.32. The first-order valence-electron chi connectivity index (χ1n) is 9.50. The molecule has 0 aliphatic carbocycles. The molecule has 0 radical (unpaired) electrons. The highest BCUT2D eigenvalue weighted by molar-refractivity contribution is 6.04. The summed E-state index contributed by atoms with van der Waals surface area (Å²) < 4.78 is 5.01. The first kappa shape index (κ1) is 19.2. The molecule has 1 aromatic carbocycles. The van der Waals surface area contributed by atoms with Crippen LogP contribution in [0, 0.1) is 5.92 Å². The number of pyridine rings is 1. The molecule has 6 nitrogen and oxygen atoms in total. The van der Waals surface area contributed by atoms with E-state index in [1.165, 1.54) is 18.5 Å². The Bertz CT molecular complexity index is 740. The number of anilines is 3. The number of hydrogen-bond acceptors (Lipinski definition) is 5. The molecule has 6 heteroatoms. The normalized spacial score (nSPS) is 14.8. The number of piperidine rings is 1. The van der Waals surface area contributed by atoms with Gasteiger partial charge in [0.25, 0.3) is 5.91 Å². The highest BCUT2D eigenvalue weighted by atomic mass is 16.5. The Hall–Kier alpha value is -2.60. The Labute approximate surface area is 160 Å². The number of carbonyl (C=O) groups excluding carboxylic acids is 1. The van der Waals surface area contributed by atoms with Gasteiger partial charge in [0.05, 0.1) is 17.9 Å². The number of rotatable bonds is 7. The summed E-state index contributed by atoms with van der Waals surface area (Å²) in [7, 11) is 1.65. The smallest absolute Gasteiger partial charge is 0.257 e. The largest absolute Gasteiger partial charge is 0.383 e. The molecule has 144 valence electrons. The van der Waals surface area contributed by atoms with Gasteiger partial charge in [0.15, 0.2) is 0 Å². The Kier molecular flexibility index (Phi) is 6.65. The second-order valence-corrected chi connectivity index (χ2v) is 7.05. The third-order valence-corrected chi connectivity index (χ3v) is 4.91. The second kappa shape index (κ2) is 9.37. The number of carbonyl (C=O) groups is 1. The molecule has 1 aliphatic heterocycles. The van der Waals surface area contributed by atoms with E-state index in [2.05, 4.69) is 39.6 Å². The predicted molar refractivity (Wildman–Crippen MR) is 110 cm³/mol. The van der Waals surface area contributed by atoms with Crippen LogP contribution in [0.1, 0.15) is 30.1 Å². The molecule has 2 heterocycles. The van der Waals surface area contributed by atoms with Crippen molar-refractivity contribution in [2.75, 3.05) is 48.9 Å². The summed E-state index contributed by atoms with van der Waals surface area (Å²) >= 11 is 0. The topological polar surface area (TPSA) is 66.5 Å². The molecule has 3 rings (SSSR count). The summed E-state index contributed by atoms with van der Waals surface area (Å²) in [6, 6.07) is 9.86. The number of benzene rings is 1. The third-order valence-electron chi connectivity index (χ3n) is 4.91. The molecule has 1 aromatic heterocycles. The van der Waals surface area contributed by atoms with Crippen molar-refractivity contribution >= 4 is 23.0 Å². The number of nitrogens with zero attached hydrogens (tertiary/aromatic N) is 2. The van der Waals surface area contributed by atoms with E-state index in [9.17, 15) is 4.79 Å². The van der Waals surface area contributed by atoms with Gasteiger partial charge in [0, 0.05) is 50.5 Å². The minimum absolute atomic E-state index is 0.169. The molecule has 27 heavy (non-hydrogen) atoms. The molecule has 0 saturated carbocycles. The van der Waals surface area contributed by atoms with E-state index >= 15 is 0 Å². The predicted octanol–water partition coefficient (Wildman–Crippen LogP) is 3.63. The zero-order chi connectivity index (χ0) is 19.1. The highest BCUT2D eigenvalue weighted by Gasteiger charge is 2.16. The van der Waals surface area contributed by atoms with Gasteiger partial charge >= 0.3 is 0 Å². The van der Waals surface area contributed by atoms with Crippen LogP contribution in [0.4, 0.5) is 17.1 Å². The van der Waals surface area contributed by atoms with Gasteiger partial charge in [-0.15, -0.1) is 0 Å². The zero-order valence-corrected chi connectivity index (χ0v) is 16.1. The Morgan fingerprint density at radius 1 is 1.19 bits per heavy atom. The fourth-order valence-corrected chi connectivity index (χ4v) is 3.18. The highest BCUT2D eigenvalue weighted by Crippen LogP contribution is 2.24. The van der Waals surface area contributed by atoms with Crippen LogP contribution in [0.2, 0.25) is 0 Å². The summed E-state index contributed by atoms with van der Waals surface area (Å²) in [6.45, 7) is 5.77. The summed E-state index contributed by atoms with van der Waals surface area (Å²) in [4.78, 5) is 19.0. The van der Waals surface area contributed by atoms with Crippen molar-refractivity contribution in [2.24, 2.45) is 5.92 Å². The van der Waals surface area contributed by atoms with Crippen molar-refractivity contribution in [1.29, 1.82) is 0 Å². The average Bonchev–Trinajstić information content (AvgIpc) is 2.70. The quantitative estimate of drug-likeness (QED) is 0.731. The number of aromatic nitrogens is 1. The summed E-state index contributed by atoms with van der Waals surface area (Å²) in [5.74, 6) is 0.644. The van der Waals surface area contributed by atoms with E-state index in [-0.39, 0.29) is 5.91 Å². The molecule has 1 saturated heterocycles. The first-order chi connectivity index (χ1) is 13.2. The molecule has 0 spiro atoms. The van der Waals surface area contributed by atoms with Crippen molar-refractivity contribution in [3.63, 3.8) is 0 Å². The van der Waals surface area contributed by atoms with Crippen molar-refractivity contribution in [2.45, 2.75) is 19.8 Å². The van der Waals surface area contributed by atoms with E-state index in [0.717, 1.165) is 30.4 Å². The van der Waals surface area contributed by atoms with Crippen LogP contribution in [0.15, 0.2) is 42.7 Å².